The number of aliphatic hydroxyl groups excluding tert-OH is 1. The molecule has 28 heavy (non-hydrogen) atoms. The van der Waals surface area contributed by atoms with E-state index in [9.17, 15) is 18.7 Å². The molecule has 1 N–H and O–H groups in total. The first-order valence-electron chi connectivity index (χ1n) is 9.11. The predicted molar refractivity (Wildman–Crippen MR) is 98.4 cm³/mol. The number of rotatable bonds is 6. The number of carbonyl (C=O) groups is 1. The lowest BCUT2D eigenvalue weighted by Crippen LogP contribution is -2.45. The van der Waals surface area contributed by atoms with E-state index in [1.165, 1.54) is 17.2 Å². The topological polar surface area (TPSA) is 70.8 Å². The molecule has 0 aliphatic carbocycles. The number of halogens is 2. The van der Waals surface area contributed by atoms with E-state index < -0.39 is 23.6 Å². The lowest BCUT2D eigenvalue weighted by Gasteiger charge is -2.30. The van der Waals surface area contributed by atoms with E-state index in [0.29, 0.717) is 25.3 Å². The second-order valence-electron chi connectivity index (χ2n) is 6.93. The first kappa shape index (κ1) is 20.4. The Labute approximate surface area is 162 Å². The van der Waals surface area contributed by atoms with Crippen molar-refractivity contribution in [2.75, 3.05) is 46.4 Å². The van der Waals surface area contributed by atoms with Gasteiger partial charge in [0.1, 0.15) is 5.69 Å². The number of aromatic nitrogens is 2. The van der Waals surface area contributed by atoms with Crippen LogP contribution in [0.4, 0.5) is 8.78 Å². The minimum atomic E-state index is -0.768. The maximum absolute atomic E-state index is 14.0. The molecule has 1 saturated heterocycles. The summed E-state index contributed by atoms with van der Waals surface area (Å²) in [4.78, 5) is 16.2. The van der Waals surface area contributed by atoms with Gasteiger partial charge < -0.3 is 14.7 Å². The van der Waals surface area contributed by atoms with Gasteiger partial charge in [0.25, 0.3) is 5.91 Å². The van der Waals surface area contributed by atoms with Crippen LogP contribution < -0.4 is 0 Å². The van der Waals surface area contributed by atoms with E-state index >= 15 is 0 Å². The molecule has 1 aliphatic heterocycles. The van der Waals surface area contributed by atoms with Crippen LogP contribution >= 0.6 is 0 Å². The largest absolute Gasteiger partial charge is 0.390 e. The zero-order valence-electron chi connectivity index (χ0n) is 15.9. The molecule has 7 nitrogen and oxygen atoms in total. The molecule has 0 radical (unpaired) electrons. The normalized spacial score (nSPS) is 16.2. The van der Waals surface area contributed by atoms with Gasteiger partial charge in [0.2, 0.25) is 0 Å². The van der Waals surface area contributed by atoms with Gasteiger partial charge in [-0.2, -0.15) is 5.10 Å². The second-order valence-corrected chi connectivity index (χ2v) is 6.93. The molecule has 2 aromatic rings. The van der Waals surface area contributed by atoms with Crippen LogP contribution in [0.3, 0.4) is 0 Å². The lowest BCUT2D eigenvalue weighted by molar-refractivity contribution is 0.00873. The van der Waals surface area contributed by atoms with Crippen molar-refractivity contribution in [2.24, 2.45) is 0 Å². The summed E-state index contributed by atoms with van der Waals surface area (Å²) < 4.78 is 34.3. The molecule has 9 heteroatoms. The summed E-state index contributed by atoms with van der Waals surface area (Å²) in [5.74, 6) is -1.96. The van der Waals surface area contributed by atoms with Crippen molar-refractivity contribution in [3.8, 4) is 5.69 Å². The zero-order chi connectivity index (χ0) is 20.3. The molecular weight excluding hydrogens is 370 g/mol. The molecule has 1 fully saturated rings. The van der Waals surface area contributed by atoms with Crippen molar-refractivity contribution in [1.29, 1.82) is 0 Å². The number of morpholine rings is 1. The first-order valence-corrected chi connectivity index (χ1v) is 9.11. The summed E-state index contributed by atoms with van der Waals surface area (Å²) in [5.41, 5.74) is 0.241. The van der Waals surface area contributed by atoms with E-state index in [-0.39, 0.29) is 17.9 Å². The summed E-state index contributed by atoms with van der Waals surface area (Å²) in [5, 5.41) is 14.4. The number of hydrogen-bond donors (Lipinski definition) is 1. The number of nitrogens with zero attached hydrogens (tertiary/aromatic N) is 4. The molecule has 3 rings (SSSR count). The van der Waals surface area contributed by atoms with Crippen molar-refractivity contribution in [2.45, 2.75) is 13.0 Å². The van der Waals surface area contributed by atoms with Crippen molar-refractivity contribution in [3.05, 3.63) is 47.3 Å². The van der Waals surface area contributed by atoms with Crippen LogP contribution in [0.5, 0.6) is 0 Å². The fourth-order valence-electron chi connectivity index (χ4n) is 3.21. The standard InChI is InChI=1S/C19H24F2N4O3/c1-13-10-25(18-15(20)4-3-5-16(18)21)22-17(13)19(27)23(2)11-14(26)12-24-6-8-28-9-7-24/h3-5,10,14,26H,6-9,11-12H2,1-2H3/t14-/m0/s1. The Morgan fingerprint density at radius 3 is 2.61 bits per heavy atom. The third kappa shape index (κ3) is 4.54. The number of aliphatic hydroxyl groups is 1. The predicted octanol–water partition coefficient (Wildman–Crippen LogP) is 1.22. The minimum absolute atomic E-state index is 0.0868. The molecule has 1 aromatic carbocycles. The number of benzene rings is 1. The van der Waals surface area contributed by atoms with Crippen LogP contribution in [-0.2, 0) is 4.74 Å². The van der Waals surface area contributed by atoms with E-state index in [4.69, 9.17) is 4.74 Å². The fourth-order valence-corrected chi connectivity index (χ4v) is 3.21. The molecule has 1 amide bonds. The Balaban J connectivity index is 1.69. The SMILES string of the molecule is Cc1cn(-c2c(F)cccc2F)nc1C(=O)N(C)C[C@H](O)CN1CCOCC1. The highest BCUT2D eigenvalue weighted by molar-refractivity contribution is 5.93. The van der Waals surface area contributed by atoms with Gasteiger partial charge in [0.05, 0.1) is 19.3 Å². The molecule has 0 spiro atoms. The summed E-state index contributed by atoms with van der Waals surface area (Å²) in [6, 6.07) is 3.52. The number of hydrogen-bond acceptors (Lipinski definition) is 5. The average molecular weight is 394 g/mol. The third-order valence-corrected chi connectivity index (χ3v) is 4.67. The summed E-state index contributed by atoms with van der Waals surface area (Å²) in [6.07, 6.45) is 0.686. The van der Waals surface area contributed by atoms with Crippen LogP contribution in [0.2, 0.25) is 0 Å². The highest BCUT2D eigenvalue weighted by Gasteiger charge is 2.23. The smallest absolute Gasteiger partial charge is 0.274 e. The van der Waals surface area contributed by atoms with Gasteiger partial charge in [-0.05, 0) is 19.1 Å². The molecule has 0 bridgehead atoms. The third-order valence-electron chi connectivity index (χ3n) is 4.67. The van der Waals surface area contributed by atoms with Gasteiger partial charge in [-0.3, -0.25) is 9.69 Å². The highest BCUT2D eigenvalue weighted by Crippen LogP contribution is 2.19. The van der Waals surface area contributed by atoms with Crippen molar-refractivity contribution >= 4 is 5.91 Å². The zero-order valence-corrected chi connectivity index (χ0v) is 15.9. The van der Waals surface area contributed by atoms with Gasteiger partial charge in [-0.25, -0.2) is 13.5 Å². The Kier molecular flexibility index (Phi) is 6.38. The Morgan fingerprint density at radius 2 is 1.96 bits per heavy atom. The van der Waals surface area contributed by atoms with Crippen molar-refractivity contribution in [3.63, 3.8) is 0 Å². The van der Waals surface area contributed by atoms with E-state index in [0.717, 1.165) is 29.9 Å². The van der Waals surface area contributed by atoms with Gasteiger partial charge >= 0.3 is 0 Å². The first-order chi connectivity index (χ1) is 13.4. The number of ether oxygens (including phenoxy) is 1. The van der Waals surface area contributed by atoms with Gasteiger partial charge in [0.15, 0.2) is 17.3 Å². The second kappa shape index (κ2) is 8.76. The summed E-state index contributed by atoms with van der Waals surface area (Å²) in [7, 11) is 1.56. The summed E-state index contributed by atoms with van der Waals surface area (Å²) >= 11 is 0. The van der Waals surface area contributed by atoms with Crippen molar-refractivity contribution < 1.29 is 23.4 Å². The lowest BCUT2D eigenvalue weighted by atomic mass is 10.2. The van der Waals surface area contributed by atoms with E-state index in [2.05, 4.69) is 10.00 Å². The highest BCUT2D eigenvalue weighted by atomic mass is 19.1. The van der Waals surface area contributed by atoms with E-state index in [1.807, 2.05) is 0 Å². The monoisotopic (exact) mass is 394 g/mol. The molecule has 0 saturated carbocycles. The fraction of sp³-hybridized carbons (Fsp3) is 0.474. The van der Waals surface area contributed by atoms with Gasteiger partial charge in [-0.15, -0.1) is 0 Å². The molecule has 152 valence electrons. The van der Waals surface area contributed by atoms with Gasteiger partial charge in [-0.1, -0.05) is 6.07 Å². The Morgan fingerprint density at radius 1 is 1.32 bits per heavy atom. The molecular formula is C19H24F2N4O3. The molecule has 1 atom stereocenters. The van der Waals surface area contributed by atoms with Crippen LogP contribution in [0, 0.1) is 18.6 Å². The number of aryl methyl sites for hydroxylation is 1. The van der Waals surface area contributed by atoms with Gasteiger partial charge in [0, 0.05) is 45.0 Å². The molecule has 1 aliphatic rings. The number of likely N-dealkylation sites (N-methyl/N-ethyl adjacent to an activating group) is 1. The number of para-hydroxylation sites is 1. The van der Waals surface area contributed by atoms with E-state index in [1.54, 1.807) is 14.0 Å². The minimum Gasteiger partial charge on any atom is -0.390 e. The summed E-state index contributed by atoms with van der Waals surface area (Å²) in [6.45, 7) is 4.95. The van der Waals surface area contributed by atoms with Crippen molar-refractivity contribution in [1.82, 2.24) is 19.6 Å². The molecule has 2 heterocycles. The molecule has 0 unspecified atom stereocenters. The quantitative estimate of drug-likeness (QED) is 0.798. The van der Waals surface area contributed by atoms with Crippen LogP contribution in [0.1, 0.15) is 16.1 Å². The molecule has 1 aromatic heterocycles. The maximum Gasteiger partial charge on any atom is 0.274 e. The Bertz CT molecular complexity index is 816. The number of β-amino-alcohol motifs (C(OH)–C–C–N with tert-alkyl or cyclic N) is 1. The average Bonchev–Trinajstić information content (AvgIpc) is 3.02. The maximum atomic E-state index is 14.0. The Hall–Kier alpha value is -2.36. The number of amides is 1. The van der Waals surface area contributed by atoms with Crippen LogP contribution in [-0.4, -0.2) is 83.1 Å². The number of carbonyl (C=O) groups excluding carboxylic acids is 1. The van der Waals surface area contributed by atoms with Crippen LogP contribution in [0.15, 0.2) is 24.4 Å². The van der Waals surface area contributed by atoms with Crippen LogP contribution in [0.25, 0.3) is 5.69 Å².